The van der Waals surface area contributed by atoms with Gasteiger partial charge in [-0.25, -0.2) is 0 Å². The zero-order valence-electron chi connectivity index (χ0n) is 15.7. The Labute approximate surface area is 191 Å². The molecule has 0 saturated heterocycles. The van der Waals surface area contributed by atoms with Crippen molar-refractivity contribution in [3.8, 4) is 17.1 Å². The van der Waals surface area contributed by atoms with Crippen LogP contribution in [0.4, 0.5) is 13.2 Å². The van der Waals surface area contributed by atoms with Gasteiger partial charge in [0.05, 0.1) is 14.5 Å². The topological polar surface area (TPSA) is 79.5 Å². The highest BCUT2D eigenvalue weighted by atomic mass is 79.9. The SMILES string of the molecule is C=CCN(Cc1cccc(C(F)(F)F)c1)C(=O)c1nc(-c2cc(Br)c(O)c(Br)c2)no1. The normalized spacial score (nSPS) is 11.4. The summed E-state index contributed by atoms with van der Waals surface area (Å²) in [6.45, 7) is 3.53. The van der Waals surface area contributed by atoms with Gasteiger partial charge < -0.3 is 14.5 Å². The highest BCUT2D eigenvalue weighted by molar-refractivity contribution is 9.11. The molecule has 3 rings (SSSR count). The molecule has 6 nitrogen and oxygen atoms in total. The van der Waals surface area contributed by atoms with Gasteiger partial charge in [-0.05, 0) is 61.7 Å². The molecule has 0 atom stereocenters. The zero-order valence-corrected chi connectivity index (χ0v) is 18.8. The van der Waals surface area contributed by atoms with E-state index in [2.05, 4.69) is 48.6 Å². The number of halogens is 5. The van der Waals surface area contributed by atoms with Crippen LogP contribution in [0.5, 0.6) is 5.75 Å². The van der Waals surface area contributed by atoms with E-state index in [4.69, 9.17) is 4.52 Å². The van der Waals surface area contributed by atoms with Crippen molar-refractivity contribution in [1.29, 1.82) is 0 Å². The molecule has 31 heavy (non-hydrogen) atoms. The number of hydrogen-bond acceptors (Lipinski definition) is 5. The Morgan fingerprint density at radius 3 is 2.52 bits per heavy atom. The summed E-state index contributed by atoms with van der Waals surface area (Å²) in [6.07, 6.45) is -3.05. The molecule has 3 aromatic rings. The van der Waals surface area contributed by atoms with Crippen LogP contribution in [0, 0.1) is 0 Å². The Morgan fingerprint density at radius 1 is 1.23 bits per heavy atom. The average Bonchev–Trinajstić information content (AvgIpc) is 3.20. The van der Waals surface area contributed by atoms with Crippen LogP contribution in [0.2, 0.25) is 0 Å². The van der Waals surface area contributed by atoms with E-state index in [1.807, 2.05) is 0 Å². The molecule has 0 fully saturated rings. The fourth-order valence-electron chi connectivity index (χ4n) is 2.70. The molecule has 1 amide bonds. The van der Waals surface area contributed by atoms with Gasteiger partial charge in [-0.3, -0.25) is 4.79 Å². The first-order chi connectivity index (χ1) is 14.6. The van der Waals surface area contributed by atoms with Crippen LogP contribution in [-0.4, -0.2) is 32.6 Å². The van der Waals surface area contributed by atoms with Gasteiger partial charge in [-0.15, -0.1) is 6.58 Å². The quantitative estimate of drug-likeness (QED) is 0.385. The number of alkyl halides is 3. The molecule has 0 bridgehead atoms. The summed E-state index contributed by atoms with van der Waals surface area (Å²) in [5, 5.41) is 13.6. The summed E-state index contributed by atoms with van der Waals surface area (Å²) in [4.78, 5) is 18.2. The fraction of sp³-hybridized carbons (Fsp3) is 0.150. The summed E-state index contributed by atoms with van der Waals surface area (Å²) < 4.78 is 44.7. The number of phenolic OH excluding ortho intramolecular Hbond substituents is 1. The minimum Gasteiger partial charge on any atom is -0.506 e. The van der Waals surface area contributed by atoms with Gasteiger partial charge in [0.2, 0.25) is 5.82 Å². The van der Waals surface area contributed by atoms with E-state index in [0.29, 0.717) is 14.5 Å². The molecule has 1 N–H and O–H groups in total. The van der Waals surface area contributed by atoms with E-state index in [1.165, 1.54) is 23.1 Å². The maximum absolute atomic E-state index is 13.0. The van der Waals surface area contributed by atoms with E-state index in [-0.39, 0.29) is 36.1 Å². The van der Waals surface area contributed by atoms with Gasteiger partial charge >= 0.3 is 18.0 Å². The lowest BCUT2D eigenvalue weighted by Gasteiger charge is -2.20. The molecule has 1 heterocycles. The molecule has 0 unspecified atom stereocenters. The summed E-state index contributed by atoms with van der Waals surface area (Å²) in [5.41, 5.74) is -0.0526. The summed E-state index contributed by atoms with van der Waals surface area (Å²) in [6, 6.07) is 7.80. The predicted molar refractivity (Wildman–Crippen MR) is 113 cm³/mol. The Balaban J connectivity index is 1.85. The molecule has 0 aliphatic rings. The third kappa shape index (κ3) is 5.34. The molecule has 0 aliphatic carbocycles. The van der Waals surface area contributed by atoms with Gasteiger partial charge in [0.15, 0.2) is 0 Å². The number of rotatable bonds is 6. The highest BCUT2D eigenvalue weighted by Gasteiger charge is 2.31. The number of aromatic hydroxyl groups is 1. The Hall–Kier alpha value is -2.66. The minimum atomic E-state index is -4.49. The van der Waals surface area contributed by atoms with E-state index in [9.17, 15) is 23.1 Å². The van der Waals surface area contributed by atoms with Crippen LogP contribution < -0.4 is 0 Å². The first-order valence-corrected chi connectivity index (χ1v) is 10.3. The number of carbonyl (C=O) groups is 1. The molecule has 0 radical (unpaired) electrons. The molecule has 0 aliphatic heterocycles. The molecule has 162 valence electrons. The van der Waals surface area contributed by atoms with Crippen LogP contribution in [0.15, 0.2) is 62.5 Å². The van der Waals surface area contributed by atoms with Crippen LogP contribution in [0.25, 0.3) is 11.4 Å². The van der Waals surface area contributed by atoms with Gasteiger partial charge in [-0.1, -0.05) is 23.4 Å². The van der Waals surface area contributed by atoms with Crippen molar-refractivity contribution in [2.45, 2.75) is 12.7 Å². The van der Waals surface area contributed by atoms with Crippen molar-refractivity contribution in [3.05, 3.63) is 75.0 Å². The maximum atomic E-state index is 13.0. The molecule has 1 aromatic heterocycles. The second kappa shape index (κ2) is 9.23. The Bertz CT molecular complexity index is 1110. The molecule has 0 saturated carbocycles. The Kier molecular flexibility index (Phi) is 6.85. The van der Waals surface area contributed by atoms with Crippen LogP contribution >= 0.6 is 31.9 Å². The number of hydrogen-bond donors (Lipinski definition) is 1. The monoisotopic (exact) mass is 559 g/mol. The summed E-state index contributed by atoms with van der Waals surface area (Å²) in [7, 11) is 0. The van der Waals surface area contributed by atoms with E-state index < -0.39 is 17.6 Å². The minimum absolute atomic E-state index is 0.0122. The first-order valence-electron chi connectivity index (χ1n) is 8.68. The van der Waals surface area contributed by atoms with E-state index >= 15 is 0 Å². The maximum Gasteiger partial charge on any atom is 0.416 e. The lowest BCUT2D eigenvalue weighted by atomic mass is 10.1. The lowest BCUT2D eigenvalue weighted by Crippen LogP contribution is -2.31. The summed E-state index contributed by atoms with van der Waals surface area (Å²) >= 11 is 6.40. The highest BCUT2D eigenvalue weighted by Crippen LogP contribution is 2.36. The standard InChI is InChI=1S/C20H14Br2F3N3O3/c1-2-6-28(10-11-4-3-5-13(7-11)20(23,24)25)19(30)18-26-17(27-31-18)12-8-14(21)16(29)15(22)9-12/h2-5,7-9,29H,1,6,10H2. The van der Waals surface area contributed by atoms with E-state index in [1.54, 1.807) is 12.1 Å². The van der Waals surface area contributed by atoms with Gasteiger partial charge in [0.25, 0.3) is 0 Å². The van der Waals surface area contributed by atoms with Crippen molar-refractivity contribution in [2.24, 2.45) is 0 Å². The summed E-state index contributed by atoms with van der Waals surface area (Å²) in [5.74, 6) is -0.902. The largest absolute Gasteiger partial charge is 0.506 e. The number of aromatic nitrogens is 2. The zero-order chi connectivity index (χ0) is 22.8. The first kappa shape index (κ1) is 23.0. The third-order valence-corrected chi connectivity index (χ3v) is 5.36. The predicted octanol–water partition coefficient (Wildman–Crippen LogP) is 5.81. The molecule has 0 spiro atoms. The van der Waals surface area contributed by atoms with Gasteiger partial charge in [-0.2, -0.15) is 18.2 Å². The van der Waals surface area contributed by atoms with Crippen molar-refractivity contribution < 1.29 is 27.6 Å². The second-order valence-electron chi connectivity index (χ2n) is 6.38. The van der Waals surface area contributed by atoms with E-state index in [0.717, 1.165) is 12.1 Å². The number of nitrogens with zero attached hydrogens (tertiary/aromatic N) is 3. The van der Waals surface area contributed by atoms with Crippen molar-refractivity contribution >= 4 is 37.8 Å². The van der Waals surface area contributed by atoms with Gasteiger partial charge in [0.1, 0.15) is 5.75 Å². The molecular weight excluding hydrogens is 547 g/mol. The second-order valence-corrected chi connectivity index (χ2v) is 8.09. The van der Waals surface area contributed by atoms with Crippen molar-refractivity contribution in [2.75, 3.05) is 6.54 Å². The molecule has 2 aromatic carbocycles. The van der Waals surface area contributed by atoms with Crippen LogP contribution in [0.3, 0.4) is 0 Å². The fourth-order valence-corrected chi connectivity index (χ4v) is 3.89. The Morgan fingerprint density at radius 2 is 1.90 bits per heavy atom. The number of phenols is 1. The van der Waals surface area contributed by atoms with Gasteiger partial charge in [0, 0.05) is 18.7 Å². The van der Waals surface area contributed by atoms with Crippen molar-refractivity contribution in [3.63, 3.8) is 0 Å². The molecular formula is C20H14Br2F3N3O3. The van der Waals surface area contributed by atoms with Crippen LogP contribution in [0.1, 0.15) is 21.8 Å². The van der Waals surface area contributed by atoms with Crippen molar-refractivity contribution in [1.82, 2.24) is 15.0 Å². The average molecular weight is 561 g/mol. The number of carbonyl (C=O) groups excluding carboxylic acids is 1. The number of benzene rings is 2. The molecule has 11 heteroatoms. The lowest BCUT2D eigenvalue weighted by molar-refractivity contribution is -0.137. The third-order valence-electron chi connectivity index (χ3n) is 4.15. The number of amides is 1. The smallest absolute Gasteiger partial charge is 0.416 e. The van der Waals surface area contributed by atoms with Crippen LogP contribution in [-0.2, 0) is 12.7 Å².